The van der Waals surface area contributed by atoms with Gasteiger partial charge < -0.3 is 15.2 Å². The van der Waals surface area contributed by atoms with Crippen LogP contribution in [-0.4, -0.2) is 7.11 Å². The number of para-hydroxylation sites is 1. The summed E-state index contributed by atoms with van der Waals surface area (Å²) in [5, 5.41) is 0. The quantitative estimate of drug-likeness (QED) is 0.876. The van der Waals surface area contributed by atoms with Crippen molar-refractivity contribution in [1.29, 1.82) is 0 Å². The maximum Gasteiger partial charge on any atom is 0.123 e. The highest BCUT2D eigenvalue weighted by molar-refractivity contribution is 5.38. The van der Waals surface area contributed by atoms with E-state index in [0.717, 1.165) is 29.0 Å². The minimum Gasteiger partial charge on any atom is -0.496 e. The van der Waals surface area contributed by atoms with Crippen LogP contribution < -0.4 is 15.2 Å². The van der Waals surface area contributed by atoms with Crippen LogP contribution in [0.15, 0.2) is 42.5 Å². The first-order valence-electron chi connectivity index (χ1n) is 6.85. The molecule has 20 heavy (non-hydrogen) atoms. The topological polar surface area (TPSA) is 44.5 Å². The SMILES string of the molecule is CCc1ccccc1OCc1ccc(CN)c(OC)c1. The van der Waals surface area contributed by atoms with Gasteiger partial charge in [0, 0.05) is 12.1 Å². The molecule has 0 aromatic heterocycles. The summed E-state index contributed by atoms with van der Waals surface area (Å²) in [6, 6.07) is 14.1. The zero-order chi connectivity index (χ0) is 14.4. The fraction of sp³-hybridized carbons (Fsp3) is 0.294. The zero-order valence-electron chi connectivity index (χ0n) is 12.1. The van der Waals surface area contributed by atoms with Gasteiger partial charge in [0.2, 0.25) is 0 Å². The van der Waals surface area contributed by atoms with Gasteiger partial charge in [-0.1, -0.05) is 37.3 Å². The molecule has 0 radical (unpaired) electrons. The average molecular weight is 271 g/mol. The lowest BCUT2D eigenvalue weighted by molar-refractivity contribution is 0.302. The predicted molar refractivity (Wildman–Crippen MR) is 81.0 cm³/mol. The summed E-state index contributed by atoms with van der Waals surface area (Å²) in [5.74, 6) is 1.76. The fourth-order valence-corrected chi connectivity index (χ4v) is 2.15. The number of ether oxygens (including phenoxy) is 2. The summed E-state index contributed by atoms with van der Waals surface area (Å²) < 4.78 is 11.2. The molecule has 0 bridgehead atoms. The third kappa shape index (κ3) is 3.31. The summed E-state index contributed by atoms with van der Waals surface area (Å²) >= 11 is 0. The molecule has 0 unspecified atom stereocenters. The van der Waals surface area contributed by atoms with E-state index < -0.39 is 0 Å². The Labute approximate surface area is 120 Å². The molecule has 106 valence electrons. The predicted octanol–water partition coefficient (Wildman–Crippen LogP) is 3.30. The van der Waals surface area contributed by atoms with Gasteiger partial charge in [0.25, 0.3) is 0 Å². The molecule has 2 rings (SSSR count). The van der Waals surface area contributed by atoms with Crippen LogP contribution in [0.3, 0.4) is 0 Å². The Morgan fingerprint density at radius 2 is 1.80 bits per heavy atom. The smallest absolute Gasteiger partial charge is 0.123 e. The maximum atomic E-state index is 5.90. The van der Waals surface area contributed by atoms with Crippen LogP contribution in [0.2, 0.25) is 0 Å². The Morgan fingerprint density at radius 1 is 1.00 bits per heavy atom. The van der Waals surface area contributed by atoms with E-state index in [-0.39, 0.29) is 0 Å². The molecule has 3 heteroatoms. The first-order chi connectivity index (χ1) is 9.78. The first kappa shape index (κ1) is 14.4. The molecule has 0 heterocycles. The second kappa shape index (κ2) is 6.96. The molecule has 0 aliphatic rings. The van der Waals surface area contributed by atoms with Crippen LogP contribution in [0, 0.1) is 0 Å². The van der Waals surface area contributed by atoms with Crippen LogP contribution in [-0.2, 0) is 19.6 Å². The molecule has 0 fully saturated rings. The van der Waals surface area contributed by atoms with E-state index in [9.17, 15) is 0 Å². The number of aryl methyl sites for hydroxylation is 1. The minimum absolute atomic E-state index is 0.475. The standard InChI is InChI=1S/C17H21NO2/c1-3-14-6-4-5-7-16(14)20-12-13-8-9-15(11-18)17(10-13)19-2/h4-10H,3,11-12,18H2,1-2H3. The van der Waals surface area contributed by atoms with Crippen molar-refractivity contribution in [3.8, 4) is 11.5 Å². The number of nitrogens with two attached hydrogens (primary N) is 1. The monoisotopic (exact) mass is 271 g/mol. The summed E-state index contributed by atoms with van der Waals surface area (Å²) in [5.41, 5.74) is 8.97. The third-order valence-electron chi connectivity index (χ3n) is 3.32. The third-order valence-corrected chi connectivity index (χ3v) is 3.32. The molecule has 0 aliphatic heterocycles. The van der Waals surface area contributed by atoms with Crippen LogP contribution in [0.1, 0.15) is 23.6 Å². The van der Waals surface area contributed by atoms with Gasteiger partial charge in [-0.25, -0.2) is 0 Å². The highest BCUT2D eigenvalue weighted by Crippen LogP contribution is 2.23. The molecule has 0 atom stereocenters. The van der Waals surface area contributed by atoms with E-state index in [1.165, 1.54) is 5.56 Å². The van der Waals surface area contributed by atoms with Gasteiger partial charge in [-0.15, -0.1) is 0 Å². The normalized spacial score (nSPS) is 10.3. The van der Waals surface area contributed by atoms with E-state index in [2.05, 4.69) is 13.0 Å². The van der Waals surface area contributed by atoms with Crippen LogP contribution in [0.5, 0.6) is 11.5 Å². The molecule has 3 nitrogen and oxygen atoms in total. The lowest BCUT2D eigenvalue weighted by Crippen LogP contribution is -2.02. The van der Waals surface area contributed by atoms with E-state index in [1.807, 2.05) is 36.4 Å². The van der Waals surface area contributed by atoms with Gasteiger partial charge in [-0.2, -0.15) is 0 Å². The first-order valence-corrected chi connectivity index (χ1v) is 6.85. The number of methoxy groups -OCH3 is 1. The molecule has 0 saturated carbocycles. The van der Waals surface area contributed by atoms with Gasteiger partial charge in [0.05, 0.1) is 7.11 Å². The van der Waals surface area contributed by atoms with Crippen LogP contribution in [0.4, 0.5) is 0 Å². The Bertz CT molecular complexity index is 567. The molecular weight excluding hydrogens is 250 g/mol. The van der Waals surface area contributed by atoms with Crippen molar-refractivity contribution in [3.63, 3.8) is 0 Å². The number of hydrogen-bond donors (Lipinski definition) is 1. The van der Waals surface area contributed by atoms with Crippen molar-refractivity contribution in [3.05, 3.63) is 59.2 Å². The van der Waals surface area contributed by atoms with Crippen molar-refractivity contribution in [2.24, 2.45) is 5.73 Å². The van der Waals surface area contributed by atoms with Crippen molar-refractivity contribution < 1.29 is 9.47 Å². The molecule has 0 aliphatic carbocycles. The van der Waals surface area contributed by atoms with E-state index in [0.29, 0.717) is 13.2 Å². The second-order valence-corrected chi connectivity index (χ2v) is 4.60. The lowest BCUT2D eigenvalue weighted by Gasteiger charge is -2.12. The summed E-state index contributed by atoms with van der Waals surface area (Å²) in [7, 11) is 1.66. The Kier molecular flexibility index (Phi) is 5.02. The summed E-state index contributed by atoms with van der Waals surface area (Å²) in [6.07, 6.45) is 0.964. The maximum absolute atomic E-state index is 5.90. The van der Waals surface area contributed by atoms with Crippen LogP contribution in [0.25, 0.3) is 0 Å². The van der Waals surface area contributed by atoms with E-state index >= 15 is 0 Å². The molecule has 0 saturated heterocycles. The molecular formula is C17H21NO2. The van der Waals surface area contributed by atoms with Gasteiger partial charge in [-0.05, 0) is 29.7 Å². The highest BCUT2D eigenvalue weighted by atomic mass is 16.5. The number of hydrogen-bond acceptors (Lipinski definition) is 3. The van der Waals surface area contributed by atoms with Crippen LogP contribution >= 0.6 is 0 Å². The molecule has 0 amide bonds. The Hall–Kier alpha value is -2.00. The van der Waals surface area contributed by atoms with Gasteiger partial charge in [0.1, 0.15) is 18.1 Å². The van der Waals surface area contributed by atoms with Crippen molar-refractivity contribution in [2.75, 3.05) is 7.11 Å². The largest absolute Gasteiger partial charge is 0.496 e. The summed E-state index contributed by atoms with van der Waals surface area (Å²) in [4.78, 5) is 0. The molecule has 2 N–H and O–H groups in total. The Morgan fingerprint density at radius 3 is 2.50 bits per heavy atom. The van der Waals surface area contributed by atoms with Gasteiger partial charge in [0.15, 0.2) is 0 Å². The van der Waals surface area contributed by atoms with Gasteiger partial charge in [-0.3, -0.25) is 0 Å². The fourth-order valence-electron chi connectivity index (χ4n) is 2.15. The second-order valence-electron chi connectivity index (χ2n) is 4.60. The zero-order valence-corrected chi connectivity index (χ0v) is 12.1. The lowest BCUT2D eigenvalue weighted by atomic mass is 10.1. The number of rotatable bonds is 6. The number of benzene rings is 2. The summed E-state index contributed by atoms with van der Waals surface area (Å²) in [6.45, 7) is 3.13. The minimum atomic E-state index is 0.475. The van der Waals surface area contributed by atoms with Crippen molar-refractivity contribution >= 4 is 0 Å². The molecule has 2 aromatic carbocycles. The average Bonchev–Trinajstić information content (AvgIpc) is 2.52. The molecule has 0 spiro atoms. The Balaban J connectivity index is 2.11. The molecule has 2 aromatic rings. The van der Waals surface area contributed by atoms with Gasteiger partial charge >= 0.3 is 0 Å². The van der Waals surface area contributed by atoms with E-state index in [4.69, 9.17) is 15.2 Å². The van der Waals surface area contributed by atoms with Crippen molar-refractivity contribution in [2.45, 2.75) is 26.5 Å². The van der Waals surface area contributed by atoms with Crippen molar-refractivity contribution in [1.82, 2.24) is 0 Å². The highest BCUT2D eigenvalue weighted by Gasteiger charge is 2.05. The van der Waals surface area contributed by atoms with E-state index in [1.54, 1.807) is 7.11 Å².